The monoisotopic (exact) mass is 272 g/mol. The van der Waals surface area contributed by atoms with Crippen LogP contribution in [0.25, 0.3) is 0 Å². The van der Waals surface area contributed by atoms with Crippen LogP contribution in [0.4, 0.5) is 17.6 Å². The molecular formula is C9H8F4O3S. The minimum atomic E-state index is -4.56. The Morgan fingerprint density at radius 3 is 2.24 bits per heavy atom. The first kappa shape index (κ1) is 14.1. The van der Waals surface area contributed by atoms with Gasteiger partial charge in [-0.25, -0.2) is 4.39 Å². The summed E-state index contributed by atoms with van der Waals surface area (Å²) in [6.07, 6.45) is -7.62. The molecule has 0 radical (unpaired) electrons. The van der Waals surface area contributed by atoms with Gasteiger partial charge in [0.2, 0.25) is 0 Å². The largest absolute Gasteiger partial charge is 0.391 e. The lowest BCUT2D eigenvalue weighted by atomic mass is 10.1. The van der Waals surface area contributed by atoms with Crippen LogP contribution in [0.3, 0.4) is 0 Å². The minimum Gasteiger partial charge on any atom is -0.284 e. The molecule has 1 aromatic rings. The molecule has 0 saturated heterocycles. The van der Waals surface area contributed by atoms with Crippen LogP contribution in [-0.2, 0) is 15.5 Å². The molecule has 0 amide bonds. The van der Waals surface area contributed by atoms with Gasteiger partial charge in [0.05, 0.1) is 6.42 Å². The molecule has 0 aliphatic rings. The van der Waals surface area contributed by atoms with E-state index in [-0.39, 0.29) is 5.56 Å². The first-order valence-electron chi connectivity index (χ1n) is 4.38. The zero-order valence-corrected chi connectivity index (χ0v) is 9.09. The number of hydrogen-bond donors (Lipinski definition) is 1. The zero-order valence-electron chi connectivity index (χ0n) is 8.28. The van der Waals surface area contributed by atoms with Gasteiger partial charge in [-0.15, -0.1) is 0 Å². The van der Waals surface area contributed by atoms with Crippen molar-refractivity contribution in [3.8, 4) is 0 Å². The predicted molar refractivity (Wildman–Crippen MR) is 51.7 cm³/mol. The molecule has 1 rings (SSSR count). The summed E-state index contributed by atoms with van der Waals surface area (Å²) in [5.41, 5.74) is -0.0221. The maximum absolute atomic E-state index is 12.6. The Kier molecular flexibility index (Phi) is 4.61. The number of benzene rings is 1. The van der Waals surface area contributed by atoms with E-state index >= 15 is 0 Å². The van der Waals surface area contributed by atoms with Crippen molar-refractivity contribution in [2.45, 2.75) is 18.7 Å². The first-order valence-corrected chi connectivity index (χ1v) is 5.41. The average Bonchev–Trinajstić information content (AvgIpc) is 2.14. The molecule has 8 heteroatoms. The van der Waals surface area contributed by atoms with Crippen LogP contribution >= 0.6 is 0 Å². The highest BCUT2D eigenvalue weighted by Crippen LogP contribution is 2.32. The second-order valence-electron chi connectivity index (χ2n) is 3.17. The molecule has 0 bridgehead atoms. The number of halogens is 4. The minimum absolute atomic E-state index is 0.0221. The van der Waals surface area contributed by atoms with Crippen LogP contribution in [0.1, 0.15) is 18.1 Å². The Labute approximate surface area is 96.9 Å². The van der Waals surface area contributed by atoms with Gasteiger partial charge < -0.3 is 0 Å². The predicted octanol–water partition coefficient (Wildman–Crippen LogP) is 2.97. The molecule has 2 unspecified atom stereocenters. The van der Waals surface area contributed by atoms with E-state index in [2.05, 4.69) is 4.18 Å². The van der Waals surface area contributed by atoms with E-state index < -0.39 is 35.9 Å². The lowest BCUT2D eigenvalue weighted by Gasteiger charge is -2.17. The van der Waals surface area contributed by atoms with E-state index in [1.165, 1.54) is 0 Å². The lowest BCUT2D eigenvalue weighted by molar-refractivity contribution is -0.151. The first-order chi connectivity index (χ1) is 7.78. The van der Waals surface area contributed by atoms with Crippen molar-refractivity contribution in [3.63, 3.8) is 0 Å². The van der Waals surface area contributed by atoms with Gasteiger partial charge in [-0.1, -0.05) is 12.1 Å². The fraction of sp³-hybridized carbons (Fsp3) is 0.333. The van der Waals surface area contributed by atoms with Crippen molar-refractivity contribution in [1.82, 2.24) is 0 Å². The normalized spacial score (nSPS) is 15.6. The molecule has 96 valence electrons. The number of rotatable bonds is 4. The van der Waals surface area contributed by atoms with Crippen molar-refractivity contribution < 1.29 is 30.5 Å². The van der Waals surface area contributed by atoms with Crippen LogP contribution in [-0.4, -0.2) is 14.9 Å². The van der Waals surface area contributed by atoms with Crippen LogP contribution < -0.4 is 0 Å². The Hall–Kier alpha value is -0.990. The van der Waals surface area contributed by atoms with Crippen LogP contribution in [0, 0.1) is 5.82 Å². The maximum atomic E-state index is 12.6. The highest BCUT2D eigenvalue weighted by molar-refractivity contribution is 7.74. The summed E-state index contributed by atoms with van der Waals surface area (Å²) in [6.45, 7) is 0. The van der Waals surface area contributed by atoms with Gasteiger partial charge in [0.1, 0.15) is 11.9 Å². The molecule has 0 heterocycles. The molecular weight excluding hydrogens is 264 g/mol. The molecule has 1 aromatic carbocycles. The number of alkyl halides is 3. The third-order valence-electron chi connectivity index (χ3n) is 1.86. The molecule has 0 aromatic heterocycles. The Bertz CT molecular complexity index is 390. The summed E-state index contributed by atoms with van der Waals surface area (Å²) in [5, 5.41) is 0. The van der Waals surface area contributed by atoms with E-state index in [9.17, 15) is 21.8 Å². The summed E-state index contributed by atoms with van der Waals surface area (Å²) in [6, 6.07) is 4.03. The van der Waals surface area contributed by atoms with Gasteiger partial charge in [-0.2, -0.15) is 17.4 Å². The van der Waals surface area contributed by atoms with Crippen molar-refractivity contribution in [1.29, 1.82) is 0 Å². The maximum Gasteiger partial charge on any atom is 0.391 e. The summed E-state index contributed by atoms with van der Waals surface area (Å²) in [7, 11) is 0. The summed E-state index contributed by atoms with van der Waals surface area (Å²) in [5.74, 6) is -0.621. The van der Waals surface area contributed by atoms with E-state index in [4.69, 9.17) is 4.55 Å². The Morgan fingerprint density at radius 2 is 1.82 bits per heavy atom. The second-order valence-corrected chi connectivity index (χ2v) is 3.80. The molecule has 3 nitrogen and oxygen atoms in total. The van der Waals surface area contributed by atoms with E-state index in [0.717, 1.165) is 24.3 Å². The van der Waals surface area contributed by atoms with Crippen molar-refractivity contribution in [2.24, 2.45) is 0 Å². The summed E-state index contributed by atoms with van der Waals surface area (Å²) in [4.78, 5) is 0. The van der Waals surface area contributed by atoms with Gasteiger partial charge in [0.15, 0.2) is 0 Å². The highest BCUT2D eigenvalue weighted by Gasteiger charge is 2.34. The highest BCUT2D eigenvalue weighted by atomic mass is 32.2. The van der Waals surface area contributed by atoms with Crippen molar-refractivity contribution in [3.05, 3.63) is 35.6 Å². The Morgan fingerprint density at radius 1 is 1.29 bits per heavy atom. The smallest absolute Gasteiger partial charge is 0.284 e. The van der Waals surface area contributed by atoms with Crippen molar-refractivity contribution >= 4 is 11.4 Å². The molecule has 1 N–H and O–H groups in total. The van der Waals surface area contributed by atoms with E-state index in [1.54, 1.807) is 0 Å². The SMILES string of the molecule is O=S(O)OC(CC(F)(F)F)c1ccc(F)cc1. The lowest BCUT2D eigenvalue weighted by Crippen LogP contribution is -2.17. The molecule has 0 fully saturated rings. The van der Waals surface area contributed by atoms with E-state index in [1.807, 2.05) is 0 Å². The summed E-state index contributed by atoms with van der Waals surface area (Å²) < 4.78 is 72.2. The molecule has 0 saturated carbocycles. The fourth-order valence-electron chi connectivity index (χ4n) is 1.19. The van der Waals surface area contributed by atoms with Gasteiger partial charge in [-0.3, -0.25) is 8.74 Å². The molecule has 2 atom stereocenters. The Balaban J connectivity index is 2.89. The van der Waals surface area contributed by atoms with Gasteiger partial charge in [0.25, 0.3) is 0 Å². The third kappa shape index (κ3) is 5.24. The molecule has 0 aliphatic heterocycles. The molecule has 0 aliphatic carbocycles. The second kappa shape index (κ2) is 5.56. The summed E-state index contributed by atoms with van der Waals surface area (Å²) >= 11 is -2.83. The van der Waals surface area contributed by atoms with Crippen LogP contribution in [0.5, 0.6) is 0 Å². The van der Waals surface area contributed by atoms with E-state index in [0.29, 0.717) is 0 Å². The fourth-order valence-corrected chi connectivity index (χ4v) is 1.57. The zero-order chi connectivity index (χ0) is 13.1. The van der Waals surface area contributed by atoms with Crippen LogP contribution in [0.15, 0.2) is 24.3 Å². The standard InChI is InChI=1S/C9H8F4O3S/c10-7-3-1-6(2-4-7)8(16-17(14)15)5-9(11,12)13/h1-4,8H,5H2,(H,14,15). The number of hydrogen-bond acceptors (Lipinski definition) is 2. The molecule has 0 spiro atoms. The van der Waals surface area contributed by atoms with Crippen LogP contribution in [0.2, 0.25) is 0 Å². The van der Waals surface area contributed by atoms with Gasteiger partial charge in [-0.05, 0) is 17.7 Å². The molecule has 17 heavy (non-hydrogen) atoms. The third-order valence-corrected chi connectivity index (χ3v) is 2.25. The average molecular weight is 272 g/mol. The van der Waals surface area contributed by atoms with Crippen molar-refractivity contribution in [2.75, 3.05) is 0 Å². The van der Waals surface area contributed by atoms with Gasteiger partial charge in [0, 0.05) is 0 Å². The van der Waals surface area contributed by atoms with Gasteiger partial charge >= 0.3 is 17.5 Å². The topological polar surface area (TPSA) is 46.5 Å². The quantitative estimate of drug-likeness (QED) is 0.677.